The zero-order valence-corrected chi connectivity index (χ0v) is 17.5. The standard InChI is InChI=1S/C22H19ClN2O3S/c1-15-7-8-16(2)20(13-15)25-22(26)24(14-17-9-11-18(23)12-10-17)19-5-3-4-6-21(19)29(25,27)28/h3-13H,14H2,1-2H3. The Morgan fingerprint density at radius 2 is 1.59 bits per heavy atom. The van der Waals surface area contributed by atoms with Crippen LogP contribution in [0.3, 0.4) is 0 Å². The van der Waals surface area contributed by atoms with Gasteiger partial charge in [0.25, 0.3) is 10.0 Å². The number of aryl methyl sites for hydroxylation is 2. The average molecular weight is 427 g/mol. The van der Waals surface area contributed by atoms with Gasteiger partial charge in [-0.2, -0.15) is 4.31 Å². The maximum absolute atomic E-state index is 13.5. The normalized spacial score (nSPS) is 15.3. The molecule has 0 aliphatic carbocycles. The van der Waals surface area contributed by atoms with Gasteiger partial charge in [-0.3, -0.25) is 4.90 Å². The molecule has 0 bridgehead atoms. The third-order valence-electron chi connectivity index (χ3n) is 4.92. The Morgan fingerprint density at radius 3 is 2.31 bits per heavy atom. The predicted molar refractivity (Wildman–Crippen MR) is 115 cm³/mol. The Balaban J connectivity index is 1.89. The predicted octanol–water partition coefficient (Wildman–Crippen LogP) is 5.29. The highest BCUT2D eigenvalue weighted by atomic mass is 35.5. The van der Waals surface area contributed by atoms with E-state index in [-0.39, 0.29) is 11.4 Å². The van der Waals surface area contributed by atoms with Crippen LogP contribution in [-0.2, 0) is 16.6 Å². The molecule has 0 spiro atoms. The van der Waals surface area contributed by atoms with Gasteiger partial charge in [0.05, 0.1) is 17.9 Å². The highest BCUT2D eigenvalue weighted by Gasteiger charge is 2.42. The van der Waals surface area contributed by atoms with Gasteiger partial charge in [0, 0.05) is 5.02 Å². The van der Waals surface area contributed by atoms with Crippen LogP contribution in [0.25, 0.3) is 0 Å². The first-order valence-electron chi connectivity index (χ1n) is 9.06. The molecule has 0 unspecified atom stereocenters. The number of benzene rings is 3. The number of amides is 2. The molecule has 3 aromatic carbocycles. The lowest BCUT2D eigenvalue weighted by Crippen LogP contribution is -2.51. The van der Waals surface area contributed by atoms with Crippen LogP contribution in [0, 0.1) is 13.8 Å². The summed E-state index contributed by atoms with van der Waals surface area (Å²) < 4.78 is 27.7. The quantitative estimate of drug-likeness (QED) is 0.571. The van der Waals surface area contributed by atoms with Crippen molar-refractivity contribution in [3.8, 4) is 0 Å². The summed E-state index contributed by atoms with van der Waals surface area (Å²) in [6.45, 7) is 3.88. The topological polar surface area (TPSA) is 57.7 Å². The molecule has 1 heterocycles. The van der Waals surface area contributed by atoms with E-state index in [0.717, 1.165) is 15.4 Å². The number of carbonyl (C=O) groups is 1. The third-order valence-corrected chi connectivity index (χ3v) is 6.90. The van der Waals surface area contributed by atoms with Crippen molar-refractivity contribution in [2.45, 2.75) is 25.3 Å². The number of hydrogen-bond acceptors (Lipinski definition) is 3. The van der Waals surface area contributed by atoms with Crippen molar-refractivity contribution in [1.29, 1.82) is 0 Å². The summed E-state index contributed by atoms with van der Waals surface area (Å²) in [5.41, 5.74) is 3.16. The number of halogens is 1. The molecular formula is C22H19ClN2O3S. The SMILES string of the molecule is Cc1ccc(C)c(N2C(=O)N(Cc3ccc(Cl)cc3)c3ccccc3S2(=O)=O)c1. The van der Waals surface area contributed by atoms with Crippen LogP contribution >= 0.6 is 11.6 Å². The Kier molecular flexibility index (Phi) is 4.84. The lowest BCUT2D eigenvalue weighted by Gasteiger charge is -2.37. The maximum atomic E-state index is 13.5. The Hall–Kier alpha value is -2.83. The van der Waals surface area contributed by atoms with Gasteiger partial charge in [0.2, 0.25) is 0 Å². The number of nitrogens with zero attached hydrogens (tertiary/aromatic N) is 2. The molecule has 0 aromatic heterocycles. The van der Waals surface area contributed by atoms with Crippen LogP contribution in [0.2, 0.25) is 5.02 Å². The number of rotatable bonds is 3. The molecule has 7 heteroatoms. The van der Waals surface area contributed by atoms with Crippen molar-refractivity contribution in [2.75, 3.05) is 9.21 Å². The lowest BCUT2D eigenvalue weighted by atomic mass is 10.1. The van der Waals surface area contributed by atoms with Crippen LogP contribution in [-0.4, -0.2) is 14.4 Å². The molecule has 0 fully saturated rings. The maximum Gasteiger partial charge on any atom is 0.343 e. The van der Waals surface area contributed by atoms with Crippen molar-refractivity contribution in [1.82, 2.24) is 0 Å². The summed E-state index contributed by atoms with van der Waals surface area (Å²) in [5, 5.41) is 0.596. The highest BCUT2D eigenvalue weighted by molar-refractivity contribution is 7.94. The van der Waals surface area contributed by atoms with E-state index in [0.29, 0.717) is 22.0 Å². The first kappa shape index (κ1) is 19.5. The van der Waals surface area contributed by atoms with Crippen LogP contribution in [0.15, 0.2) is 71.6 Å². The molecule has 0 N–H and O–H groups in total. The van der Waals surface area contributed by atoms with Crippen molar-refractivity contribution in [2.24, 2.45) is 0 Å². The molecule has 0 atom stereocenters. The largest absolute Gasteiger partial charge is 0.343 e. The molecule has 3 aromatic rings. The number of para-hydroxylation sites is 1. The molecule has 1 aliphatic heterocycles. The smallest absolute Gasteiger partial charge is 0.287 e. The van der Waals surface area contributed by atoms with Gasteiger partial charge < -0.3 is 0 Å². The fourth-order valence-electron chi connectivity index (χ4n) is 3.41. The number of fused-ring (bicyclic) bond motifs is 1. The van der Waals surface area contributed by atoms with Crippen molar-refractivity contribution < 1.29 is 13.2 Å². The van der Waals surface area contributed by atoms with Gasteiger partial charge in [-0.15, -0.1) is 0 Å². The molecule has 2 amide bonds. The average Bonchev–Trinajstić information content (AvgIpc) is 2.69. The zero-order valence-electron chi connectivity index (χ0n) is 16.0. The Morgan fingerprint density at radius 1 is 0.897 bits per heavy atom. The van der Waals surface area contributed by atoms with Gasteiger partial charge in [0.1, 0.15) is 4.90 Å². The van der Waals surface area contributed by atoms with Crippen molar-refractivity contribution in [3.05, 3.63) is 88.4 Å². The Labute approximate surface area is 175 Å². The minimum Gasteiger partial charge on any atom is -0.287 e. The van der Waals surface area contributed by atoms with Crippen molar-refractivity contribution in [3.63, 3.8) is 0 Å². The Bertz CT molecular complexity index is 1210. The zero-order chi connectivity index (χ0) is 20.8. The van der Waals surface area contributed by atoms with Gasteiger partial charge in [0.15, 0.2) is 0 Å². The number of anilines is 2. The third kappa shape index (κ3) is 3.39. The van der Waals surface area contributed by atoms with E-state index in [1.807, 2.05) is 31.2 Å². The van der Waals surface area contributed by atoms with E-state index in [1.54, 1.807) is 43.3 Å². The minimum atomic E-state index is -4.04. The van der Waals surface area contributed by atoms with Crippen LogP contribution in [0.4, 0.5) is 16.2 Å². The van der Waals surface area contributed by atoms with Gasteiger partial charge in [-0.05, 0) is 60.9 Å². The monoisotopic (exact) mass is 426 g/mol. The summed E-state index contributed by atoms with van der Waals surface area (Å²) in [7, 11) is -4.04. The lowest BCUT2D eigenvalue weighted by molar-refractivity contribution is 0.253. The van der Waals surface area contributed by atoms with Crippen LogP contribution in [0.5, 0.6) is 0 Å². The summed E-state index contributed by atoms with van der Waals surface area (Å²) in [6, 6.07) is 18.5. The molecular weight excluding hydrogens is 408 g/mol. The summed E-state index contributed by atoms with van der Waals surface area (Å²) >= 11 is 5.97. The first-order valence-corrected chi connectivity index (χ1v) is 10.9. The molecule has 0 saturated carbocycles. The van der Waals surface area contributed by atoms with E-state index in [9.17, 15) is 13.2 Å². The summed E-state index contributed by atoms with van der Waals surface area (Å²) in [4.78, 5) is 15.1. The molecule has 0 radical (unpaired) electrons. The van der Waals surface area contributed by atoms with Gasteiger partial charge in [-0.1, -0.05) is 48.0 Å². The number of carbonyl (C=O) groups excluding carboxylic acids is 1. The van der Waals surface area contributed by atoms with E-state index in [4.69, 9.17) is 11.6 Å². The van der Waals surface area contributed by atoms with Crippen molar-refractivity contribution >= 4 is 39.0 Å². The molecule has 0 saturated heterocycles. The molecule has 1 aliphatic rings. The van der Waals surface area contributed by atoms with E-state index in [2.05, 4.69) is 0 Å². The van der Waals surface area contributed by atoms with Gasteiger partial charge in [-0.25, -0.2) is 13.2 Å². The minimum absolute atomic E-state index is 0.106. The van der Waals surface area contributed by atoms with E-state index in [1.165, 1.54) is 11.0 Å². The van der Waals surface area contributed by atoms with Crippen LogP contribution in [0.1, 0.15) is 16.7 Å². The second kappa shape index (κ2) is 7.21. The second-order valence-corrected chi connectivity index (χ2v) is 9.21. The summed E-state index contributed by atoms with van der Waals surface area (Å²) in [5.74, 6) is 0. The second-order valence-electron chi connectivity index (χ2n) is 7.02. The fraction of sp³-hybridized carbons (Fsp3) is 0.136. The molecule has 29 heavy (non-hydrogen) atoms. The number of sulfonamides is 1. The van der Waals surface area contributed by atoms with E-state index >= 15 is 0 Å². The summed E-state index contributed by atoms with van der Waals surface area (Å²) in [6.07, 6.45) is 0. The van der Waals surface area contributed by atoms with E-state index < -0.39 is 16.1 Å². The van der Waals surface area contributed by atoms with Gasteiger partial charge >= 0.3 is 6.03 Å². The van der Waals surface area contributed by atoms with Crippen LogP contribution < -0.4 is 9.21 Å². The number of hydrogen-bond donors (Lipinski definition) is 0. The fourth-order valence-corrected chi connectivity index (χ4v) is 5.18. The first-order chi connectivity index (χ1) is 13.8. The molecule has 4 rings (SSSR count). The molecule has 5 nitrogen and oxygen atoms in total. The molecule has 148 valence electrons. The highest BCUT2D eigenvalue weighted by Crippen LogP contribution is 2.39. The number of urea groups is 1.